The summed E-state index contributed by atoms with van der Waals surface area (Å²) in [5.41, 5.74) is 1.64. The summed E-state index contributed by atoms with van der Waals surface area (Å²) in [6, 6.07) is 14.3. The van der Waals surface area contributed by atoms with E-state index in [1.54, 1.807) is 17.8 Å². The van der Waals surface area contributed by atoms with Gasteiger partial charge in [0.05, 0.1) is 0 Å². The second-order valence-electron chi connectivity index (χ2n) is 3.97. The van der Waals surface area contributed by atoms with E-state index in [9.17, 15) is 9.18 Å². The van der Waals surface area contributed by atoms with Crippen molar-refractivity contribution in [2.24, 2.45) is 0 Å². The summed E-state index contributed by atoms with van der Waals surface area (Å²) in [5.74, 6) is 0.293. The molecule has 0 aliphatic carbocycles. The zero-order chi connectivity index (χ0) is 13.0. The SMILES string of the molecule is CC(=O)c1cc(F)ccc1SCc1ccccc1. The third kappa shape index (κ3) is 3.20. The van der Waals surface area contributed by atoms with Crippen molar-refractivity contribution in [3.8, 4) is 0 Å². The summed E-state index contributed by atoms with van der Waals surface area (Å²) in [6.45, 7) is 1.46. The number of thioether (sulfide) groups is 1. The minimum absolute atomic E-state index is 0.106. The van der Waals surface area contributed by atoms with Gasteiger partial charge in [0, 0.05) is 16.2 Å². The van der Waals surface area contributed by atoms with Crippen molar-refractivity contribution >= 4 is 17.5 Å². The Balaban J connectivity index is 2.17. The first-order valence-corrected chi connectivity index (χ1v) is 6.62. The van der Waals surface area contributed by atoms with Crippen LogP contribution in [0.1, 0.15) is 22.8 Å². The van der Waals surface area contributed by atoms with Crippen molar-refractivity contribution in [1.29, 1.82) is 0 Å². The highest BCUT2D eigenvalue weighted by atomic mass is 32.2. The van der Waals surface area contributed by atoms with Crippen molar-refractivity contribution in [2.45, 2.75) is 17.6 Å². The number of halogens is 1. The van der Waals surface area contributed by atoms with Crippen molar-refractivity contribution in [1.82, 2.24) is 0 Å². The Morgan fingerprint density at radius 3 is 2.56 bits per heavy atom. The molecule has 18 heavy (non-hydrogen) atoms. The van der Waals surface area contributed by atoms with Crippen molar-refractivity contribution < 1.29 is 9.18 Å². The van der Waals surface area contributed by atoms with Crippen LogP contribution in [0, 0.1) is 5.82 Å². The van der Waals surface area contributed by atoms with E-state index in [0.29, 0.717) is 5.56 Å². The van der Waals surface area contributed by atoms with Crippen molar-refractivity contribution in [3.63, 3.8) is 0 Å². The van der Waals surface area contributed by atoms with E-state index in [4.69, 9.17) is 0 Å². The number of carbonyl (C=O) groups is 1. The molecule has 0 aliphatic rings. The molecule has 0 aliphatic heterocycles. The zero-order valence-corrected chi connectivity index (χ0v) is 10.8. The van der Waals surface area contributed by atoms with Gasteiger partial charge in [0.1, 0.15) is 5.82 Å². The lowest BCUT2D eigenvalue weighted by Gasteiger charge is -2.07. The summed E-state index contributed by atoms with van der Waals surface area (Å²) in [4.78, 5) is 12.3. The highest BCUT2D eigenvalue weighted by molar-refractivity contribution is 7.98. The Morgan fingerprint density at radius 2 is 1.89 bits per heavy atom. The van der Waals surface area contributed by atoms with E-state index in [-0.39, 0.29) is 11.6 Å². The summed E-state index contributed by atoms with van der Waals surface area (Å²) >= 11 is 1.55. The Labute approximate surface area is 110 Å². The van der Waals surface area contributed by atoms with Crippen LogP contribution in [0.25, 0.3) is 0 Å². The van der Waals surface area contributed by atoms with E-state index in [1.807, 2.05) is 30.3 Å². The van der Waals surface area contributed by atoms with E-state index in [1.165, 1.54) is 24.6 Å². The van der Waals surface area contributed by atoms with Crippen LogP contribution in [0.2, 0.25) is 0 Å². The molecule has 2 rings (SSSR count). The first-order chi connectivity index (χ1) is 8.66. The Kier molecular flexibility index (Phi) is 4.15. The lowest BCUT2D eigenvalue weighted by Crippen LogP contribution is -1.96. The molecule has 92 valence electrons. The molecule has 0 unspecified atom stereocenters. The maximum absolute atomic E-state index is 13.1. The van der Waals surface area contributed by atoms with Gasteiger partial charge in [-0.05, 0) is 30.7 Å². The molecule has 0 fully saturated rings. The van der Waals surface area contributed by atoms with Gasteiger partial charge in [-0.1, -0.05) is 30.3 Å². The lowest BCUT2D eigenvalue weighted by atomic mass is 10.1. The third-order valence-corrected chi connectivity index (χ3v) is 3.70. The van der Waals surface area contributed by atoms with Crippen LogP contribution in [-0.2, 0) is 5.75 Å². The molecular formula is C15H13FOS. The van der Waals surface area contributed by atoms with Gasteiger partial charge in [-0.3, -0.25) is 4.79 Å². The van der Waals surface area contributed by atoms with Gasteiger partial charge in [-0.25, -0.2) is 4.39 Å². The molecule has 2 aromatic carbocycles. The van der Waals surface area contributed by atoms with Crippen LogP contribution >= 0.6 is 11.8 Å². The molecule has 2 aromatic rings. The summed E-state index contributed by atoms with van der Waals surface area (Å²) in [7, 11) is 0. The van der Waals surface area contributed by atoms with Crippen LogP contribution < -0.4 is 0 Å². The molecular weight excluding hydrogens is 247 g/mol. The van der Waals surface area contributed by atoms with E-state index in [0.717, 1.165) is 10.6 Å². The Hall–Kier alpha value is -1.61. The number of ketones is 1. The van der Waals surface area contributed by atoms with Gasteiger partial charge in [-0.2, -0.15) is 0 Å². The van der Waals surface area contributed by atoms with Crippen molar-refractivity contribution in [3.05, 3.63) is 65.5 Å². The number of Topliss-reactive ketones (excluding diaryl/α,β-unsaturated/α-hetero) is 1. The number of rotatable bonds is 4. The fraction of sp³-hybridized carbons (Fsp3) is 0.133. The van der Waals surface area contributed by atoms with E-state index >= 15 is 0 Å². The summed E-state index contributed by atoms with van der Waals surface area (Å²) in [6.07, 6.45) is 0. The lowest BCUT2D eigenvalue weighted by molar-refractivity contribution is 0.101. The van der Waals surface area contributed by atoms with Crippen LogP contribution in [-0.4, -0.2) is 5.78 Å². The standard InChI is InChI=1S/C15H13FOS/c1-11(17)14-9-13(16)7-8-15(14)18-10-12-5-3-2-4-6-12/h2-9H,10H2,1H3. The largest absolute Gasteiger partial charge is 0.294 e. The molecule has 0 amide bonds. The molecule has 0 aromatic heterocycles. The Morgan fingerprint density at radius 1 is 1.17 bits per heavy atom. The normalized spacial score (nSPS) is 10.3. The first kappa shape index (κ1) is 12.8. The molecule has 0 heterocycles. The van der Waals surface area contributed by atoms with Gasteiger partial charge in [0.25, 0.3) is 0 Å². The quantitative estimate of drug-likeness (QED) is 0.601. The molecule has 0 spiro atoms. The molecule has 3 heteroatoms. The number of carbonyl (C=O) groups excluding carboxylic acids is 1. The van der Waals surface area contributed by atoms with E-state index in [2.05, 4.69) is 0 Å². The minimum Gasteiger partial charge on any atom is -0.294 e. The summed E-state index contributed by atoms with van der Waals surface area (Å²) in [5, 5.41) is 0. The first-order valence-electron chi connectivity index (χ1n) is 5.64. The zero-order valence-electron chi connectivity index (χ0n) is 10.0. The predicted molar refractivity (Wildman–Crippen MR) is 72.4 cm³/mol. The number of benzene rings is 2. The second kappa shape index (κ2) is 5.83. The van der Waals surface area contributed by atoms with Gasteiger partial charge >= 0.3 is 0 Å². The monoisotopic (exact) mass is 260 g/mol. The average molecular weight is 260 g/mol. The predicted octanol–water partition coefficient (Wildman–Crippen LogP) is 4.32. The number of hydrogen-bond donors (Lipinski definition) is 0. The van der Waals surface area contributed by atoms with Crippen LogP contribution in [0.5, 0.6) is 0 Å². The van der Waals surface area contributed by atoms with Crippen LogP contribution in [0.4, 0.5) is 4.39 Å². The molecule has 0 bridgehead atoms. The molecule has 0 saturated carbocycles. The van der Waals surface area contributed by atoms with Crippen LogP contribution in [0.15, 0.2) is 53.4 Å². The fourth-order valence-electron chi connectivity index (χ4n) is 1.64. The maximum atomic E-state index is 13.1. The highest BCUT2D eigenvalue weighted by Crippen LogP contribution is 2.27. The molecule has 0 atom stereocenters. The topological polar surface area (TPSA) is 17.1 Å². The molecule has 0 radical (unpaired) electrons. The second-order valence-corrected chi connectivity index (χ2v) is 4.99. The average Bonchev–Trinajstić information content (AvgIpc) is 2.38. The fourth-order valence-corrected chi connectivity index (χ4v) is 2.68. The van der Waals surface area contributed by atoms with Crippen molar-refractivity contribution in [2.75, 3.05) is 0 Å². The van der Waals surface area contributed by atoms with Gasteiger partial charge in [-0.15, -0.1) is 11.8 Å². The summed E-state index contributed by atoms with van der Waals surface area (Å²) < 4.78 is 13.1. The Bertz CT molecular complexity index is 552. The minimum atomic E-state index is -0.371. The van der Waals surface area contributed by atoms with E-state index < -0.39 is 0 Å². The van der Waals surface area contributed by atoms with Crippen LogP contribution in [0.3, 0.4) is 0 Å². The maximum Gasteiger partial charge on any atom is 0.161 e. The van der Waals surface area contributed by atoms with Gasteiger partial charge < -0.3 is 0 Å². The number of hydrogen-bond acceptors (Lipinski definition) is 2. The van der Waals surface area contributed by atoms with Gasteiger partial charge in [0.15, 0.2) is 5.78 Å². The van der Waals surface area contributed by atoms with Gasteiger partial charge in [0.2, 0.25) is 0 Å². The molecule has 1 nitrogen and oxygen atoms in total. The highest BCUT2D eigenvalue weighted by Gasteiger charge is 2.09. The molecule has 0 N–H and O–H groups in total. The smallest absolute Gasteiger partial charge is 0.161 e. The third-order valence-electron chi connectivity index (χ3n) is 2.56. The molecule has 0 saturated heterocycles.